The molecule has 3 rings (SSSR count). The van der Waals surface area contributed by atoms with Crippen molar-refractivity contribution in [3.8, 4) is 5.69 Å². The molecule has 0 aliphatic rings. The summed E-state index contributed by atoms with van der Waals surface area (Å²) >= 11 is 5.74. The van der Waals surface area contributed by atoms with E-state index in [4.69, 9.17) is 11.6 Å². The highest BCUT2D eigenvalue weighted by Gasteiger charge is 2.12. The molecule has 6 nitrogen and oxygen atoms in total. The smallest absolute Gasteiger partial charge is 0.275 e. The molecule has 0 spiro atoms. The van der Waals surface area contributed by atoms with Gasteiger partial charge in [-0.2, -0.15) is 5.10 Å². The molecule has 0 saturated heterocycles. The Kier molecular flexibility index (Phi) is 3.61. The zero-order valence-corrected chi connectivity index (χ0v) is 11.5. The second kappa shape index (κ2) is 5.72. The van der Waals surface area contributed by atoms with Gasteiger partial charge in [-0.05, 0) is 18.2 Å². The van der Waals surface area contributed by atoms with Crippen molar-refractivity contribution < 1.29 is 4.79 Å². The standard InChI is InChI=1S/C14H10ClN5O/c15-13-9-16-8-11(18-13)14(21)19-10-4-1-2-5-12(10)20-7-3-6-17-20/h1-9H,(H,19,21). The van der Waals surface area contributed by atoms with Crippen LogP contribution in [0.2, 0.25) is 5.15 Å². The summed E-state index contributed by atoms with van der Waals surface area (Å²) in [6, 6.07) is 9.14. The Balaban J connectivity index is 1.90. The maximum Gasteiger partial charge on any atom is 0.275 e. The predicted molar refractivity (Wildman–Crippen MR) is 78.6 cm³/mol. The van der Waals surface area contributed by atoms with Gasteiger partial charge in [-0.15, -0.1) is 0 Å². The van der Waals surface area contributed by atoms with Crippen molar-refractivity contribution in [3.63, 3.8) is 0 Å². The Bertz CT molecular complexity index is 773. The Hall–Kier alpha value is -2.73. The van der Waals surface area contributed by atoms with Crippen LogP contribution in [-0.4, -0.2) is 25.7 Å². The van der Waals surface area contributed by atoms with Crippen LogP contribution in [0, 0.1) is 0 Å². The number of carbonyl (C=O) groups excluding carboxylic acids is 1. The van der Waals surface area contributed by atoms with Crippen LogP contribution in [0.4, 0.5) is 5.69 Å². The topological polar surface area (TPSA) is 72.7 Å². The number of carbonyl (C=O) groups is 1. The summed E-state index contributed by atoms with van der Waals surface area (Å²) in [6.07, 6.45) is 6.19. The molecule has 104 valence electrons. The van der Waals surface area contributed by atoms with Crippen LogP contribution >= 0.6 is 11.6 Å². The monoisotopic (exact) mass is 299 g/mol. The summed E-state index contributed by atoms with van der Waals surface area (Å²) in [7, 11) is 0. The number of anilines is 1. The van der Waals surface area contributed by atoms with Crippen molar-refractivity contribution in [2.45, 2.75) is 0 Å². The predicted octanol–water partition coefficient (Wildman–Crippen LogP) is 2.57. The van der Waals surface area contributed by atoms with Crippen LogP contribution < -0.4 is 5.32 Å². The number of benzene rings is 1. The summed E-state index contributed by atoms with van der Waals surface area (Å²) in [5, 5.41) is 7.11. The average Bonchev–Trinajstić information content (AvgIpc) is 3.02. The second-order valence-electron chi connectivity index (χ2n) is 4.15. The van der Waals surface area contributed by atoms with Crippen molar-refractivity contribution in [2.24, 2.45) is 0 Å². The van der Waals surface area contributed by atoms with E-state index in [1.54, 1.807) is 29.2 Å². The summed E-state index contributed by atoms with van der Waals surface area (Å²) in [4.78, 5) is 20.0. The minimum atomic E-state index is -0.385. The Labute approximate surface area is 125 Å². The van der Waals surface area contributed by atoms with Crippen molar-refractivity contribution in [1.82, 2.24) is 19.7 Å². The maximum atomic E-state index is 12.2. The lowest BCUT2D eigenvalue weighted by atomic mass is 10.2. The Morgan fingerprint density at radius 2 is 2.05 bits per heavy atom. The minimum Gasteiger partial charge on any atom is -0.319 e. The number of para-hydroxylation sites is 2. The maximum absolute atomic E-state index is 12.2. The lowest BCUT2D eigenvalue weighted by Crippen LogP contribution is -2.15. The molecule has 3 aromatic rings. The fourth-order valence-electron chi connectivity index (χ4n) is 1.83. The van der Waals surface area contributed by atoms with E-state index in [9.17, 15) is 4.79 Å². The number of hydrogen-bond acceptors (Lipinski definition) is 4. The van der Waals surface area contributed by atoms with Crippen molar-refractivity contribution in [3.05, 3.63) is 66.0 Å². The molecule has 7 heteroatoms. The first-order valence-electron chi connectivity index (χ1n) is 6.12. The number of halogens is 1. The van der Waals surface area contributed by atoms with E-state index in [-0.39, 0.29) is 16.8 Å². The Morgan fingerprint density at radius 3 is 2.81 bits per heavy atom. The van der Waals surface area contributed by atoms with Crippen LogP contribution in [0.1, 0.15) is 10.5 Å². The molecule has 2 heterocycles. The van der Waals surface area contributed by atoms with Gasteiger partial charge in [-0.25, -0.2) is 9.67 Å². The molecule has 0 bridgehead atoms. The molecule has 0 atom stereocenters. The summed E-state index contributed by atoms with van der Waals surface area (Å²) in [5.74, 6) is -0.385. The normalized spacial score (nSPS) is 10.3. The van der Waals surface area contributed by atoms with Gasteiger partial charge in [-0.1, -0.05) is 23.7 Å². The summed E-state index contributed by atoms with van der Waals surface area (Å²) in [6.45, 7) is 0. The fraction of sp³-hybridized carbons (Fsp3) is 0. The number of amides is 1. The lowest BCUT2D eigenvalue weighted by Gasteiger charge is -2.10. The summed E-state index contributed by atoms with van der Waals surface area (Å²) < 4.78 is 1.67. The first-order valence-corrected chi connectivity index (χ1v) is 6.50. The van der Waals surface area contributed by atoms with E-state index in [0.29, 0.717) is 5.69 Å². The van der Waals surface area contributed by atoms with Gasteiger partial charge in [-0.3, -0.25) is 9.78 Å². The van der Waals surface area contributed by atoms with E-state index < -0.39 is 0 Å². The zero-order chi connectivity index (χ0) is 14.7. The van der Waals surface area contributed by atoms with E-state index in [0.717, 1.165) is 5.69 Å². The third-order valence-corrected chi connectivity index (χ3v) is 2.92. The van der Waals surface area contributed by atoms with Gasteiger partial charge in [0.1, 0.15) is 10.8 Å². The highest BCUT2D eigenvalue weighted by molar-refractivity contribution is 6.29. The molecule has 0 aliphatic heterocycles. The molecule has 0 saturated carbocycles. The molecule has 0 fully saturated rings. The van der Waals surface area contributed by atoms with Gasteiger partial charge < -0.3 is 5.32 Å². The number of nitrogens with zero attached hydrogens (tertiary/aromatic N) is 4. The first-order chi connectivity index (χ1) is 10.2. The molecule has 1 N–H and O–H groups in total. The van der Waals surface area contributed by atoms with Gasteiger partial charge in [0.25, 0.3) is 5.91 Å². The lowest BCUT2D eigenvalue weighted by molar-refractivity contribution is 0.102. The highest BCUT2D eigenvalue weighted by atomic mass is 35.5. The van der Waals surface area contributed by atoms with Crippen LogP contribution in [0.5, 0.6) is 0 Å². The quantitative estimate of drug-likeness (QED) is 0.806. The molecular formula is C14H10ClN5O. The van der Waals surface area contributed by atoms with Gasteiger partial charge in [0.15, 0.2) is 0 Å². The van der Waals surface area contributed by atoms with Crippen LogP contribution in [0.25, 0.3) is 5.69 Å². The van der Waals surface area contributed by atoms with E-state index >= 15 is 0 Å². The third kappa shape index (κ3) is 2.90. The van der Waals surface area contributed by atoms with Gasteiger partial charge in [0.2, 0.25) is 0 Å². The van der Waals surface area contributed by atoms with Gasteiger partial charge in [0, 0.05) is 12.4 Å². The van der Waals surface area contributed by atoms with Crippen LogP contribution in [0.15, 0.2) is 55.1 Å². The molecule has 21 heavy (non-hydrogen) atoms. The zero-order valence-electron chi connectivity index (χ0n) is 10.8. The summed E-state index contributed by atoms with van der Waals surface area (Å²) in [5.41, 5.74) is 1.52. The van der Waals surface area contributed by atoms with E-state index in [1.165, 1.54) is 12.4 Å². The molecular weight excluding hydrogens is 290 g/mol. The van der Waals surface area contributed by atoms with Crippen molar-refractivity contribution in [1.29, 1.82) is 0 Å². The largest absolute Gasteiger partial charge is 0.319 e. The minimum absolute atomic E-state index is 0.151. The number of hydrogen-bond donors (Lipinski definition) is 1. The van der Waals surface area contributed by atoms with Crippen LogP contribution in [0.3, 0.4) is 0 Å². The molecule has 0 radical (unpaired) electrons. The van der Waals surface area contributed by atoms with Crippen molar-refractivity contribution in [2.75, 3.05) is 5.32 Å². The third-order valence-electron chi connectivity index (χ3n) is 2.74. The first kappa shape index (κ1) is 13.3. The molecule has 1 amide bonds. The van der Waals surface area contributed by atoms with Gasteiger partial charge >= 0.3 is 0 Å². The number of rotatable bonds is 3. The average molecular weight is 300 g/mol. The fourth-order valence-corrected chi connectivity index (χ4v) is 1.98. The second-order valence-corrected chi connectivity index (χ2v) is 4.54. The Morgan fingerprint density at radius 1 is 1.19 bits per heavy atom. The van der Waals surface area contributed by atoms with E-state index in [2.05, 4.69) is 20.4 Å². The molecule has 0 aliphatic carbocycles. The van der Waals surface area contributed by atoms with Crippen molar-refractivity contribution >= 4 is 23.2 Å². The van der Waals surface area contributed by atoms with Crippen LogP contribution in [-0.2, 0) is 0 Å². The molecule has 1 aromatic carbocycles. The van der Waals surface area contributed by atoms with E-state index in [1.807, 2.05) is 18.2 Å². The molecule has 2 aromatic heterocycles. The highest BCUT2D eigenvalue weighted by Crippen LogP contribution is 2.19. The number of nitrogens with one attached hydrogen (secondary N) is 1. The number of aromatic nitrogens is 4. The van der Waals surface area contributed by atoms with Gasteiger partial charge in [0.05, 0.1) is 23.8 Å². The molecule has 0 unspecified atom stereocenters. The SMILES string of the molecule is O=C(Nc1ccccc1-n1cccn1)c1cncc(Cl)n1.